The molecular weight excluding hydrogens is 777 g/mol. The number of esters is 1. The summed E-state index contributed by atoms with van der Waals surface area (Å²) in [7, 11) is 6.36. The molecule has 2 fully saturated rings. The number of piperidine rings is 1. The van der Waals surface area contributed by atoms with E-state index in [4.69, 9.17) is 28.4 Å². The van der Waals surface area contributed by atoms with Crippen molar-refractivity contribution in [2.45, 2.75) is 82.3 Å². The van der Waals surface area contributed by atoms with Crippen molar-refractivity contribution in [3.63, 3.8) is 0 Å². The zero-order chi connectivity index (χ0) is 37.0. The molecule has 0 aromatic heterocycles. The third-order valence-corrected chi connectivity index (χ3v) is 10.7. The van der Waals surface area contributed by atoms with Crippen LogP contribution in [0.3, 0.4) is 0 Å². The number of halogens is 1. The van der Waals surface area contributed by atoms with Gasteiger partial charge in [0.2, 0.25) is 11.7 Å². The van der Waals surface area contributed by atoms with Crippen LogP contribution in [0.2, 0.25) is 0 Å². The van der Waals surface area contributed by atoms with E-state index < -0.39 is 24.0 Å². The predicted molar refractivity (Wildman–Crippen MR) is 207 cm³/mol. The number of hydrogen-bond acceptors (Lipinski definition) is 9. The van der Waals surface area contributed by atoms with E-state index >= 15 is 0 Å². The lowest BCUT2D eigenvalue weighted by Gasteiger charge is -2.40. The molecule has 1 aliphatic carbocycles. The molecule has 1 amide bonds. The van der Waals surface area contributed by atoms with Crippen molar-refractivity contribution in [1.29, 1.82) is 0 Å². The Balaban J connectivity index is 1.44. The van der Waals surface area contributed by atoms with Crippen molar-refractivity contribution >= 4 is 34.5 Å². The highest BCUT2D eigenvalue weighted by atomic mass is 127. The molecule has 0 spiro atoms. The van der Waals surface area contributed by atoms with E-state index in [9.17, 15) is 14.7 Å². The maximum Gasteiger partial charge on any atom is 0.329 e. The van der Waals surface area contributed by atoms with Crippen molar-refractivity contribution < 1.29 is 43.1 Å². The summed E-state index contributed by atoms with van der Waals surface area (Å²) in [5, 5.41) is 10.4. The maximum atomic E-state index is 15.0. The zero-order valence-corrected chi connectivity index (χ0v) is 32.9. The molecule has 1 saturated heterocycles. The van der Waals surface area contributed by atoms with Gasteiger partial charge in [-0.3, -0.25) is 4.79 Å². The van der Waals surface area contributed by atoms with E-state index in [1.165, 1.54) is 0 Å². The number of hydrogen-bond donors (Lipinski definition) is 1. The maximum absolute atomic E-state index is 15.0. The molecule has 0 radical (unpaired) electrons. The van der Waals surface area contributed by atoms with Crippen LogP contribution >= 0.6 is 22.6 Å². The lowest BCUT2D eigenvalue weighted by molar-refractivity contribution is -0.163. The first-order chi connectivity index (χ1) is 25.3. The Morgan fingerprint density at radius 3 is 2.23 bits per heavy atom. The Morgan fingerprint density at radius 1 is 0.808 bits per heavy atom. The van der Waals surface area contributed by atoms with Crippen LogP contribution in [0.5, 0.6) is 34.5 Å². The molecule has 3 atom stereocenters. The van der Waals surface area contributed by atoms with E-state index in [1.54, 1.807) is 51.5 Å². The van der Waals surface area contributed by atoms with E-state index in [1.807, 2.05) is 36.4 Å². The van der Waals surface area contributed by atoms with Crippen molar-refractivity contribution in [1.82, 2.24) is 4.90 Å². The molecule has 2 aliphatic rings. The van der Waals surface area contributed by atoms with Crippen LogP contribution in [0.25, 0.3) is 0 Å². The summed E-state index contributed by atoms with van der Waals surface area (Å²) in [6.07, 6.45) is 7.61. The number of ether oxygens (including phenoxy) is 6. The number of benzene rings is 3. The summed E-state index contributed by atoms with van der Waals surface area (Å²) in [6, 6.07) is 15.6. The van der Waals surface area contributed by atoms with Crippen LogP contribution in [-0.4, -0.2) is 73.9 Å². The molecule has 0 bridgehead atoms. The number of nitrogens with zero attached hydrogens (tertiary/aromatic N) is 1. The fourth-order valence-corrected chi connectivity index (χ4v) is 7.88. The third-order valence-electron chi connectivity index (χ3n) is 10.2. The molecule has 5 rings (SSSR count). The first-order valence-electron chi connectivity index (χ1n) is 18.3. The van der Waals surface area contributed by atoms with Gasteiger partial charge in [0.25, 0.3) is 0 Å². The number of phenolic OH excluding ortho intramolecular Hbond substituents is 1. The van der Waals surface area contributed by atoms with Crippen molar-refractivity contribution in [2.24, 2.45) is 5.92 Å². The second kappa shape index (κ2) is 19.3. The first-order valence-corrected chi connectivity index (χ1v) is 19.8. The zero-order valence-electron chi connectivity index (χ0n) is 30.7. The number of aryl methyl sites for hydroxylation is 1. The number of phenols is 1. The second-order valence-electron chi connectivity index (χ2n) is 13.5. The Morgan fingerprint density at radius 2 is 1.54 bits per heavy atom. The van der Waals surface area contributed by atoms with Gasteiger partial charge in [0.1, 0.15) is 17.9 Å². The van der Waals surface area contributed by atoms with Crippen LogP contribution < -0.4 is 23.7 Å². The predicted octanol–water partition coefficient (Wildman–Crippen LogP) is 8.20. The lowest BCUT2D eigenvalue weighted by Crippen LogP contribution is -2.51. The number of carbonyl (C=O) groups excluding carboxylic acids is 2. The van der Waals surface area contributed by atoms with Gasteiger partial charge in [-0.05, 0) is 104 Å². The SMILES string of the molecule is COc1ccc(CCC(OC(=O)C2CCCCN2C(=O)C(c2cc(OC)c(OC)c(OCCI)c2)C2CCCCC2)c2cccc(O)c2)cc1OC. The molecule has 282 valence electrons. The van der Waals surface area contributed by atoms with Gasteiger partial charge in [-0.1, -0.05) is 60.1 Å². The number of rotatable bonds is 16. The molecule has 10 nitrogen and oxygen atoms in total. The van der Waals surface area contributed by atoms with E-state index in [-0.39, 0.29) is 17.6 Å². The molecule has 11 heteroatoms. The lowest BCUT2D eigenvalue weighted by atomic mass is 9.75. The van der Waals surface area contributed by atoms with Gasteiger partial charge in [0.05, 0.1) is 41.0 Å². The molecule has 3 unspecified atom stereocenters. The molecular formula is C41H52INO9. The molecule has 1 saturated carbocycles. The average Bonchev–Trinajstić information content (AvgIpc) is 3.18. The number of amides is 1. The van der Waals surface area contributed by atoms with Crippen molar-refractivity contribution in [3.8, 4) is 34.5 Å². The van der Waals surface area contributed by atoms with E-state index in [2.05, 4.69) is 22.6 Å². The van der Waals surface area contributed by atoms with Crippen LogP contribution in [0.15, 0.2) is 54.6 Å². The molecule has 1 aliphatic heterocycles. The summed E-state index contributed by atoms with van der Waals surface area (Å²) in [6.45, 7) is 0.952. The Hall–Kier alpha value is -3.87. The molecule has 1 heterocycles. The van der Waals surface area contributed by atoms with Gasteiger partial charge in [0, 0.05) is 11.0 Å². The Bertz CT molecular complexity index is 1640. The number of aromatic hydroxyl groups is 1. The number of methoxy groups -OCH3 is 4. The number of alkyl halides is 1. The van der Waals surface area contributed by atoms with Gasteiger partial charge >= 0.3 is 5.97 Å². The van der Waals surface area contributed by atoms with Crippen molar-refractivity contribution in [2.75, 3.05) is 46.0 Å². The van der Waals surface area contributed by atoms with Crippen LogP contribution in [0, 0.1) is 5.92 Å². The minimum absolute atomic E-state index is 0.0696. The van der Waals surface area contributed by atoms with E-state index in [0.29, 0.717) is 66.7 Å². The Kier molecular flexibility index (Phi) is 14.6. The van der Waals surface area contributed by atoms with Gasteiger partial charge < -0.3 is 38.4 Å². The monoisotopic (exact) mass is 829 g/mol. The Labute approximate surface area is 321 Å². The second-order valence-corrected chi connectivity index (χ2v) is 14.5. The van der Waals surface area contributed by atoms with Crippen LogP contribution in [-0.2, 0) is 20.7 Å². The molecule has 3 aromatic rings. The van der Waals surface area contributed by atoms with Crippen molar-refractivity contribution in [3.05, 3.63) is 71.3 Å². The van der Waals surface area contributed by atoms with Gasteiger partial charge in [-0.2, -0.15) is 0 Å². The molecule has 52 heavy (non-hydrogen) atoms. The summed E-state index contributed by atoms with van der Waals surface area (Å²) >= 11 is 2.26. The van der Waals surface area contributed by atoms with Gasteiger partial charge in [-0.15, -0.1) is 0 Å². The van der Waals surface area contributed by atoms with E-state index in [0.717, 1.165) is 60.5 Å². The third kappa shape index (κ3) is 9.56. The number of carbonyl (C=O) groups is 2. The highest BCUT2D eigenvalue weighted by molar-refractivity contribution is 14.1. The molecule has 1 N–H and O–H groups in total. The standard InChI is InChI=1S/C41H52INO9/c1-47-34-19-17-27(23-35(34)48-2)16-18-33(29-13-10-14-31(44)24-29)52-41(46)32-15-8-9-21-43(32)40(45)38(28-11-6-5-7-12-28)30-25-36(49-3)39(50-4)37(26-30)51-22-20-42/h10,13-14,17,19,23-26,28,32-33,38,44H,5-9,11-12,15-16,18,20-22H2,1-4H3. The largest absolute Gasteiger partial charge is 0.508 e. The quantitative estimate of drug-likeness (QED) is 0.0868. The first kappa shape index (κ1) is 39.3. The van der Waals surface area contributed by atoms with Gasteiger partial charge in [0.15, 0.2) is 23.0 Å². The number of likely N-dealkylation sites (tertiary alicyclic amines) is 1. The normalized spacial score (nSPS) is 17.5. The summed E-state index contributed by atoms with van der Waals surface area (Å²) < 4.78 is 35.6. The molecule has 3 aromatic carbocycles. The van der Waals surface area contributed by atoms with Crippen LogP contribution in [0.1, 0.15) is 86.5 Å². The summed E-state index contributed by atoms with van der Waals surface area (Å²) in [4.78, 5) is 31.0. The average molecular weight is 830 g/mol. The fourth-order valence-electron chi connectivity index (χ4n) is 7.66. The minimum Gasteiger partial charge on any atom is -0.508 e. The summed E-state index contributed by atoms with van der Waals surface area (Å²) in [5.41, 5.74) is 2.48. The highest BCUT2D eigenvalue weighted by Gasteiger charge is 2.41. The highest BCUT2D eigenvalue weighted by Crippen LogP contribution is 2.45. The smallest absolute Gasteiger partial charge is 0.329 e. The fraction of sp³-hybridized carbons (Fsp3) is 0.512. The van der Waals surface area contributed by atoms with Crippen LogP contribution in [0.4, 0.5) is 0 Å². The summed E-state index contributed by atoms with van der Waals surface area (Å²) in [5.74, 6) is 2.01. The topological polar surface area (TPSA) is 113 Å². The minimum atomic E-state index is -0.733. The van der Waals surface area contributed by atoms with Gasteiger partial charge in [-0.25, -0.2) is 4.79 Å².